The highest BCUT2D eigenvalue weighted by Crippen LogP contribution is 2.55. The van der Waals surface area contributed by atoms with Gasteiger partial charge in [0.05, 0.1) is 0 Å². The van der Waals surface area contributed by atoms with Crippen LogP contribution < -0.4 is 0 Å². The van der Waals surface area contributed by atoms with Crippen LogP contribution in [-0.4, -0.2) is 24.5 Å². The van der Waals surface area contributed by atoms with Gasteiger partial charge in [0, 0.05) is 19.7 Å². The molecule has 0 spiro atoms. The fourth-order valence-corrected chi connectivity index (χ4v) is 5.01. The van der Waals surface area contributed by atoms with Gasteiger partial charge in [0.25, 0.3) is 0 Å². The van der Waals surface area contributed by atoms with Crippen molar-refractivity contribution in [2.24, 2.45) is 5.92 Å². The standard InChI is InChI=1S/C18H25N/c1-13-6-7-14-12-17-15-5-3-4-8-18(15,16(14)11-13)9-10-19(17)2/h6-7,11,15,17H,3-5,8-10,12H2,1-2H3/t15-,17+,18+/m1/s1/i1D3,2D3. The first-order chi connectivity index (χ1) is 11.6. The Morgan fingerprint density at radius 2 is 2.32 bits per heavy atom. The molecule has 0 amide bonds. The Morgan fingerprint density at radius 1 is 1.32 bits per heavy atom. The molecular weight excluding hydrogens is 230 g/mol. The minimum Gasteiger partial charge on any atom is -0.303 e. The molecule has 3 atom stereocenters. The molecule has 1 nitrogen and oxygen atoms in total. The largest absolute Gasteiger partial charge is 0.303 e. The maximum absolute atomic E-state index is 7.94. The van der Waals surface area contributed by atoms with Crippen molar-refractivity contribution in [2.45, 2.75) is 56.8 Å². The zero-order valence-corrected chi connectivity index (χ0v) is 11.3. The summed E-state index contributed by atoms with van der Waals surface area (Å²) in [5.41, 5.74) is 2.75. The SMILES string of the molecule is [2H]C([2H])([2H])c1ccc2c(c1)[C@]13CCCC[C@@H]1[C@H](C2)N(C([2H])([2H])[2H])CC3. The van der Waals surface area contributed by atoms with Gasteiger partial charge in [0.1, 0.15) is 0 Å². The van der Waals surface area contributed by atoms with E-state index >= 15 is 0 Å². The zero-order chi connectivity index (χ0) is 18.0. The first kappa shape index (κ1) is 7.26. The molecule has 1 heterocycles. The number of likely N-dealkylation sites (N-methyl/N-ethyl adjacent to an activating group) is 1. The van der Waals surface area contributed by atoms with E-state index < -0.39 is 13.8 Å². The number of benzene rings is 1. The third kappa shape index (κ3) is 1.57. The van der Waals surface area contributed by atoms with Gasteiger partial charge in [-0.1, -0.05) is 36.6 Å². The molecule has 1 heteroatoms. The molecule has 2 aliphatic carbocycles. The molecule has 0 aromatic heterocycles. The topological polar surface area (TPSA) is 3.24 Å². The highest BCUT2D eigenvalue weighted by molar-refractivity contribution is 5.43. The Balaban J connectivity index is 1.84. The summed E-state index contributed by atoms with van der Waals surface area (Å²) in [5, 5.41) is 0. The third-order valence-corrected chi connectivity index (χ3v) is 5.84. The molecule has 19 heavy (non-hydrogen) atoms. The van der Waals surface area contributed by atoms with Gasteiger partial charge in [-0.15, -0.1) is 0 Å². The monoisotopic (exact) mass is 261 g/mol. The third-order valence-electron chi connectivity index (χ3n) is 5.84. The van der Waals surface area contributed by atoms with E-state index in [0.717, 1.165) is 44.1 Å². The van der Waals surface area contributed by atoms with Gasteiger partial charge in [-0.3, -0.25) is 0 Å². The van der Waals surface area contributed by atoms with Crippen molar-refractivity contribution in [3.63, 3.8) is 0 Å². The summed E-state index contributed by atoms with van der Waals surface area (Å²) in [6, 6.07) is 5.62. The molecule has 1 aliphatic heterocycles. The Bertz CT molecular complexity index is 679. The lowest BCUT2D eigenvalue weighted by Gasteiger charge is -2.58. The van der Waals surface area contributed by atoms with Crippen molar-refractivity contribution in [2.75, 3.05) is 13.5 Å². The molecule has 2 fully saturated rings. The Hall–Kier alpha value is -0.820. The first-order valence-electron chi connectivity index (χ1n) is 10.5. The number of nitrogens with zero attached hydrogens (tertiary/aromatic N) is 1. The van der Waals surface area contributed by atoms with Crippen LogP contribution in [0, 0.1) is 12.8 Å². The second kappa shape index (κ2) is 4.09. The Kier molecular flexibility index (Phi) is 1.56. The van der Waals surface area contributed by atoms with E-state index in [4.69, 9.17) is 8.22 Å². The molecule has 2 bridgehead atoms. The van der Waals surface area contributed by atoms with Crippen molar-refractivity contribution in [1.82, 2.24) is 4.90 Å². The number of likely N-dealkylation sites (tertiary alicyclic amines) is 1. The highest BCUT2D eigenvalue weighted by atomic mass is 15.1. The van der Waals surface area contributed by atoms with E-state index in [1.165, 1.54) is 5.56 Å². The summed E-state index contributed by atoms with van der Waals surface area (Å²) in [4.78, 5) is 1.74. The summed E-state index contributed by atoms with van der Waals surface area (Å²) in [7, 11) is 0. The minimum atomic E-state index is -2.09. The molecular formula is C18H25N. The van der Waals surface area contributed by atoms with Crippen LogP contribution in [-0.2, 0) is 11.8 Å². The van der Waals surface area contributed by atoms with Crippen LogP contribution in [0.2, 0.25) is 0 Å². The quantitative estimate of drug-likeness (QED) is 0.688. The molecule has 0 radical (unpaired) electrons. The molecule has 0 unspecified atom stereocenters. The van der Waals surface area contributed by atoms with Gasteiger partial charge in [-0.25, -0.2) is 0 Å². The second-order valence-electron chi connectivity index (χ2n) is 6.60. The van der Waals surface area contributed by atoms with E-state index in [9.17, 15) is 0 Å². The zero-order valence-electron chi connectivity index (χ0n) is 17.3. The van der Waals surface area contributed by atoms with Crippen LogP contribution >= 0.6 is 0 Å². The van der Waals surface area contributed by atoms with E-state index in [-0.39, 0.29) is 11.5 Å². The number of hydrogen-bond acceptors (Lipinski definition) is 1. The fourth-order valence-electron chi connectivity index (χ4n) is 5.01. The van der Waals surface area contributed by atoms with E-state index in [0.29, 0.717) is 18.0 Å². The van der Waals surface area contributed by atoms with E-state index in [1.54, 1.807) is 11.0 Å². The number of piperidine rings is 1. The predicted octanol–water partition coefficient (Wildman–Crippen LogP) is 3.68. The van der Waals surface area contributed by atoms with Crippen LogP contribution in [0.4, 0.5) is 0 Å². The maximum Gasteiger partial charge on any atom is 0.0394 e. The van der Waals surface area contributed by atoms with Gasteiger partial charge < -0.3 is 4.90 Å². The van der Waals surface area contributed by atoms with Crippen molar-refractivity contribution in [1.29, 1.82) is 0 Å². The maximum atomic E-state index is 7.94. The lowest BCUT2D eigenvalue weighted by Crippen LogP contribution is -2.59. The van der Waals surface area contributed by atoms with Crippen LogP contribution in [0.25, 0.3) is 0 Å². The molecule has 0 N–H and O–H groups in total. The Labute approximate surface area is 125 Å². The normalized spacial score (nSPS) is 43.6. The second-order valence-corrected chi connectivity index (χ2v) is 6.60. The van der Waals surface area contributed by atoms with Crippen LogP contribution in [0.3, 0.4) is 0 Å². The van der Waals surface area contributed by atoms with Crippen LogP contribution in [0.5, 0.6) is 0 Å². The highest BCUT2D eigenvalue weighted by Gasteiger charge is 2.52. The molecule has 4 rings (SSSR count). The lowest BCUT2D eigenvalue weighted by atomic mass is 9.52. The first-order valence-corrected chi connectivity index (χ1v) is 7.54. The van der Waals surface area contributed by atoms with Crippen molar-refractivity contribution < 1.29 is 8.22 Å². The lowest BCUT2D eigenvalue weighted by molar-refractivity contribution is 0.00283. The van der Waals surface area contributed by atoms with Gasteiger partial charge in [-0.2, -0.15) is 0 Å². The predicted molar refractivity (Wildman–Crippen MR) is 79.6 cm³/mol. The van der Waals surface area contributed by atoms with Crippen molar-refractivity contribution in [3.8, 4) is 0 Å². The molecule has 1 aromatic carbocycles. The summed E-state index contributed by atoms with van der Waals surface area (Å²) < 4.78 is 47.1. The minimum absolute atomic E-state index is 0.0283. The van der Waals surface area contributed by atoms with Gasteiger partial charge in [-0.05, 0) is 63.1 Å². The van der Waals surface area contributed by atoms with Gasteiger partial charge in [0.2, 0.25) is 0 Å². The number of hydrogen-bond donors (Lipinski definition) is 0. The van der Waals surface area contributed by atoms with Crippen molar-refractivity contribution >= 4 is 0 Å². The smallest absolute Gasteiger partial charge is 0.0394 e. The van der Waals surface area contributed by atoms with E-state index in [1.807, 2.05) is 12.1 Å². The Morgan fingerprint density at radius 3 is 3.21 bits per heavy atom. The number of fused-ring (bicyclic) bond motifs is 1. The molecule has 3 aliphatic rings. The average Bonchev–Trinajstić information content (AvgIpc) is 2.52. The molecule has 102 valence electrons. The molecule has 1 aromatic rings. The summed E-state index contributed by atoms with van der Waals surface area (Å²) >= 11 is 0. The summed E-state index contributed by atoms with van der Waals surface area (Å²) in [6.45, 7) is -3.56. The molecule has 1 saturated heterocycles. The molecule has 1 saturated carbocycles. The number of rotatable bonds is 0. The van der Waals surface area contributed by atoms with Gasteiger partial charge in [0.15, 0.2) is 0 Å². The summed E-state index contributed by atoms with van der Waals surface area (Å²) in [6.07, 6.45) is 5.95. The van der Waals surface area contributed by atoms with Crippen molar-refractivity contribution in [3.05, 3.63) is 34.9 Å². The van der Waals surface area contributed by atoms with E-state index in [2.05, 4.69) is 0 Å². The van der Waals surface area contributed by atoms with Gasteiger partial charge >= 0.3 is 0 Å². The summed E-state index contributed by atoms with van der Waals surface area (Å²) in [5.74, 6) is 0.328. The average molecular weight is 261 g/mol. The number of aryl methyl sites for hydroxylation is 1. The van der Waals surface area contributed by atoms with Crippen LogP contribution in [0.15, 0.2) is 18.2 Å². The fraction of sp³-hybridized carbons (Fsp3) is 0.667. The van der Waals surface area contributed by atoms with Crippen LogP contribution in [0.1, 0.15) is 57.0 Å².